The van der Waals surface area contributed by atoms with Gasteiger partial charge in [-0.1, -0.05) is 0 Å². The molecule has 2 aromatic heterocycles. The Kier molecular flexibility index (Phi) is 6.29. The Morgan fingerprint density at radius 2 is 1.90 bits per heavy atom. The van der Waals surface area contributed by atoms with E-state index in [1.807, 2.05) is 24.0 Å². The molecule has 1 saturated heterocycles. The second kappa shape index (κ2) is 9.28. The Morgan fingerprint density at radius 1 is 1.13 bits per heavy atom. The number of anilines is 3. The Balaban J connectivity index is 1.50. The first-order valence-electron chi connectivity index (χ1n) is 10.8. The number of aromatic nitrogens is 3. The largest absolute Gasteiger partial charge is 0.466 e. The van der Waals surface area contributed by atoms with Crippen molar-refractivity contribution in [3.63, 3.8) is 0 Å². The molecule has 0 bridgehead atoms. The van der Waals surface area contributed by atoms with Gasteiger partial charge in [0.05, 0.1) is 24.4 Å². The summed E-state index contributed by atoms with van der Waals surface area (Å²) in [6, 6.07) is 3.97. The molecule has 2 N–H and O–H groups in total. The Morgan fingerprint density at radius 3 is 2.52 bits per heavy atom. The first kappa shape index (κ1) is 21.0. The van der Waals surface area contributed by atoms with E-state index in [0.717, 1.165) is 11.4 Å². The quantitative estimate of drug-likeness (QED) is 0.653. The SMILES string of the molecule is CCOC(=O)C1CCN(c2ncc(C(=O)NC)c(Nc3ccc(C4CC4)nc3)n2)CC1. The van der Waals surface area contributed by atoms with Crippen molar-refractivity contribution in [3.8, 4) is 0 Å². The summed E-state index contributed by atoms with van der Waals surface area (Å²) in [5.41, 5.74) is 2.23. The fraction of sp³-hybridized carbons (Fsp3) is 0.500. The zero-order valence-corrected chi connectivity index (χ0v) is 17.9. The highest BCUT2D eigenvalue weighted by molar-refractivity contribution is 5.99. The molecule has 0 aromatic carbocycles. The van der Waals surface area contributed by atoms with Crippen LogP contribution in [0.25, 0.3) is 0 Å². The molecule has 2 fully saturated rings. The molecule has 4 rings (SSSR count). The van der Waals surface area contributed by atoms with Gasteiger partial charge in [-0.2, -0.15) is 4.98 Å². The molecule has 164 valence electrons. The van der Waals surface area contributed by atoms with Crippen LogP contribution in [0, 0.1) is 5.92 Å². The lowest BCUT2D eigenvalue weighted by molar-refractivity contribution is -0.148. The number of hydrogen-bond acceptors (Lipinski definition) is 8. The van der Waals surface area contributed by atoms with Gasteiger partial charge < -0.3 is 20.3 Å². The smallest absolute Gasteiger partial charge is 0.309 e. The number of ether oxygens (including phenoxy) is 1. The number of carbonyl (C=O) groups excluding carboxylic acids is 2. The van der Waals surface area contributed by atoms with E-state index in [1.54, 1.807) is 13.2 Å². The molecule has 1 aliphatic heterocycles. The van der Waals surface area contributed by atoms with Crippen LogP contribution in [0.3, 0.4) is 0 Å². The summed E-state index contributed by atoms with van der Waals surface area (Å²) in [6.45, 7) is 3.52. The highest BCUT2D eigenvalue weighted by Gasteiger charge is 2.28. The maximum Gasteiger partial charge on any atom is 0.309 e. The highest BCUT2D eigenvalue weighted by Crippen LogP contribution is 2.39. The van der Waals surface area contributed by atoms with E-state index in [2.05, 4.69) is 25.6 Å². The van der Waals surface area contributed by atoms with E-state index in [-0.39, 0.29) is 17.8 Å². The fourth-order valence-corrected chi connectivity index (χ4v) is 3.73. The molecule has 1 aliphatic carbocycles. The second-order valence-corrected chi connectivity index (χ2v) is 7.90. The zero-order chi connectivity index (χ0) is 21.8. The lowest BCUT2D eigenvalue weighted by Gasteiger charge is -2.31. The number of nitrogens with one attached hydrogen (secondary N) is 2. The summed E-state index contributed by atoms with van der Waals surface area (Å²) >= 11 is 0. The first-order valence-corrected chi connectivity index (χ1v) is 10.8. The van der Waals surface area contributed by atoms with Crippen molar-refractivity contribution in [2.75, 3.05) is 37.0 Å². The third-order valence-corrected chi connectivity index (χ3v) is 5.69. The molecule has 1 amide bonds. The average molecular weight is 425 g/mol. The third kappa shape index (κ3) is 4.92. The van der Waals surface area contributed by atoms with E-state index < -0.39 is 0 Å². The fourth-order valence-electron chi connectivity index (χ4n) is 3.73. The number of rotatable bonds is 7. The van der Waals surface area contributed by atoms with Crippen molar-refractivity contribution >= 4 is 29.3 Å². The number of amides is 1. The molecule has 0 unspecified atom stereocenters. The number of carbonyl (C=O) groups is 2. The third-order valence-electron chi connectivity index (χ3n) is 5.69. The van der Waals surface area contributed by atoms with Crippen molar-refractivity contribution in [1.82, 2.24) is 20.3 Å². The van der Waals surface area contributed by atoms with Crippen LogP contribution in [0.5, 0.6) is 0 Å². The van der Waals surface area contributed by atoms with Gasteiger partial charge in [-0.3, -0.25) is 14.6 Å². The molecule has 0 spiro atoms. The number of nitrogens with zero attached hydrogens (tertiary/aromatic N) is 4. The molecule has 1 saturated carbocycles. The highest BCUT2D eigenvalue weighted by atomic mass is 16.5. The summed E-state index contributed by atoms with van der Waals surface area (Å²) in [6.07, 6.45) is 7.08. The van der Waals surface area contributed by atoms with Crippen LogP contribution in [-0.4, -0.2) is 53.6 Å². The lowest BCUT2D eigenvalue weighted by atomic mass is 9.97. The molecule has 31 heavy (non-hydrogen) atoms. The van der Waals surface area contributed by atoms with Crippen LogP contribution in [-0.2, 0) is 9.53 Å². The molecule has 9 nitrogen and oxygen atoms in total. The number of pyridine rings is 1. The van der Waals surface area contributed by atoms with E-state index in [0.29, 0.717) is 55.8 Å². The summed E-state index contributed by atoms with van der Waals surface area (Å²) in [5.74, 6) is 1.05. The van der Waals surface area contributed by atoms with Crippen molar-refractivity contribution in [2.24, 2.45) is 5.92 Å². The topological polar surface area (TPSA) is 109 Å². The molecular weight excluding hydrogens is 396 g/mol. The van der Waals surface area contributed by atoms with Crippen molar-refractivity contribution in [1.29, 1.82) is 0 Å². The van der Waals surface area contributed by atoms with Gasteiger partial charge in [0, 0.05) is 37.9 Å². The van der Waals surface area contributed by atoms with Gasteiger partial charge in [0.2, 0.25) is 5.95 Å². The molecule has 0 atom stereocenters. The van der Waals surface area contributed by atoms with Crippen molar-refractivity contribution < 1.29 is 14.3 Å². The van der Waals surface area contributed by atoms with Crippen LogP contribution in [0.2, 0.25) is 0 Å². The Labute approximate surface area is 181 Å². The summed E-state index contributed by atoms with van der Waals surface area (Å²) in [7, 11) is 1.58. The maximum absolute atomic E-state index is 12.3. The van der Waals surface area contributed by atoms with Crippen molar-refractivity contribution in [2.45, 2.75) is 38.5 Å². The predicted octanol–water partition coefficient (Wildman–Crippen LogP) is 2.63. The predicted molar refractivity (Wildman–Crippen MR) is 116 cm³/mol. The van der Waals surface area contributed by atoms with Crippen molar-refractivity contribution in [3.05, 3.63) is 35.8 Å². The number of hydrogen-bond donors (Lipinski definition) is 2. The minimum Gasteiger partial charge on any atom is -0.466 e. The van der Waals surface area contributed by atoms with Crippen LogP contribution in [0.1, 0.15) is 54.6 Å². The van der Waals surface area contributed by atoms with Gasteiger partial charge in [0.15, 0.2) is 0 Å². The van der Waals surface area contributed by atoms with Gasteiger partial charge in [-0.05, 0) is 44.7 Å². The normalized spacial score (nSPS) is 16.6. The van der Waals surface area contributed by atoms with Gasteiger partial charge in [-0.15, -0.1) is 0 Å². The van der Waals surface area contributed by atoms with Gasteiger partial charge in [0.25, 0.3) is 5.91 Å². The van der Waals surface area contributed by atoms with Crippen LogP contribution >= 0.6 is 0 Å². The van der Waals surface area contributed by atoms with E-state index >= 15 is 0 Å². The number of piperidine rings is 1. The Hall–Kier alpha value is -3.23. The molecule has 0 radical (unpaired) electrons. The molecule has 9 heteroatoms. The van der Waals surface area contributed by atoms with Crippen LogP contribution in [0.4, 0.5) is 17.5 Å². The van der Waals surface area contributed by atoms with Gasteiger partial charge >= 0.3 is 5.97 Å². The second-order valence-electron chi connectivity index (χ2n) is 7.90. The first-order chi connectivity index (χ1) is 15.1. The monoisotopic (exact) mass is 424 g/mol. The number of esters is 1. The summed E-state index contributed by atoms with van der Waals surface area (Å²) in [4.78, 5) is 39.9. The molecule has 2 aliphatic rings. The summed E-state index contributed by atoms with van der Waals surface area (Å²) < 4.78 is 5.14. The summed E-state index contributed by atoms with van der Waals surface area (Å²) in [5, 5.41) is 5.85. The average Bonchev–Trinajstić information content (AvgIpc) is 3.65. The molecular formula is C22H28N6O3. The van der Waals surface area contributed by atoms with Gasteiger partial charge in [-0.25, -0.2) is 4.98 Å². The van der Waals surface area contributed by atoms with E-state index in [4.69, 9.17) is 4.74 Å². The van der Waals surface area contributed by atoms with Crippen LogP contribution < -0.4 is 15.5 Å². The maximum atomic E-state index is 12.3. The van der Waals surface area contributed by atoms with Crippen LogP contribution in [0.15, 0.2) is 24.5 Å². The lowest BCUT2D eigenvalue weighted by Crippen LogP contribution is -2.38. The van der Waals surface area contributed by atoms with Gasteiger partial charge in [0.1, 0.15) is 11.4 Å². The molecule has 2 aromatic rings. The minimum absolute atomic E-state index is 0.0880. The zero-order valence-electron chi connectivity index (χ0n) is 17.9. The van der Waals surface area contributed by atoms with E-state index in [9.17, 15) is 9.59 Å². The Bertz CT molecular complexity index is 937. The molecule has 3 heterocycles. The van der Waals surface area contributed by atoms with E-state index in [1.165, 1.54) is 19.0 Å². The standard InChI is InChI=1S/C22H28N6O3/c1-3-31-21(30)15-8-10-28(11-9-15)22-25-13-17(20(29)23-2)19(27-22)26-16-6-7-18(24-12-16)14-4-5-14/h6-7,12-15H,3-5,8-11H2,1-2H3,(H,23,29)(H,25,26,27). The minimum atomic E-state index is -0.266.